The number of anilines is 1. The molecule has 2 aromatic carbocycles. The molecule has 2 aromatic rings. The summed E-state index contributed by atoms with van der Waals surface area (Å²) in [6.45, 7) is 1.80. The number of ether oxygens (including phenoxy) is 2. The van der Waals surface area contributed by atoms with E-state index in [-0.39, 0.29) is 18.4 Å². The second-order valence-electron chi connectivity index (χ2n) is 6.43. The lowest BCUT2D eigenvalue weighted by molar-refractivity contribution is -0.125. The molecule has 6 heteroatoms. The van der Waals surface area contributed by atoms with Gasteiger partial charge in [-0.05, 0) is 49.2 Å². The molecule has 2 aliphatic rings. The summed E-state index contributed by atoms with van der Waals surface area (Å²) in [4.78, 5) is 26.6. The highest BCUT2D eigenvalue weighted by atomic mass is 16.6. The number of carbonyl (C=O) groups excluding carboxylic acids is 2. The van der Waals surface area contributed by atoms with Gasteiger partial charge >= 0.3 is 0 Å². The first-order chi connectivity index (χ1) is 12.7. The molecule has 6 nitrogen and oxygen atoms in total. The SMILES string of the molecule is O=C(Nc1ccc(C(=O)N2CCCC2)cc1)C1COc2ccccc2O1. The Bertz CT molecular complexity index is 813. The van der Waals surface area contributed by atoms with Crippen LogP contribution in [0.1, 0.15) is 23.2 Å². The van der Waals surface area contributed by atoms with Crippen LogP contribution in [0.5, 0.6) is 11.5 Å². The van der Waals surface area contributed by atoms with E-state index in [0.717, 1.165) is 25.9 Å². The van der Waals surface area contributed by atoms with Gasteiger partial charge in [-0.2, -0.15) is 0 Å². The van der Waals surface area contributed by atoms with Crippen molar-refractivity contribution in [3.8, 4) is 11.5 Å². The van der Waals surface area contributed by atoms with Gasteiger partial charge in [0.25, 0.3) is 11.8 Å². The quantitative estimate of drug-likeness (QED) is 0.922. The molecule has 4 rings (SSSR count). The van der Waals surface area contributed by atoms with Gasteiger partial charge in [0.15, 0.2) is 11.5 Å². The van der Waals surface area contributed by atoms with E-state index in [2.05, 4.69) is 5.32 Å². The summed E-state index contributed by atoms with van der Waals surface area (Å²) in [6, 6.07) is 14.2. The molecule has 134 valence electrons. The Kier molecular flexibility index (Phi) is 4.48. The number of rotatable bonds is 3. The van der Waals surface area contributed by atoms with Crippen LogP contribution in [0.15, 0.2) is 48.5 Å². The number of nitrogens with one attached hydrogen (secondary N) is 1. The van der Waals surface area contributed by atoms with Crippen LogP contribution < -0.4 is 14.8 Å². The average molecular weight is 352 g/mol. The molecular weight excluding hydrogens is 332 g/mol. The van der Waals surface area contributed by atoms with E-state index >= 15 is 0 Å². The van der Waals surface area contributed by atoms with Gasteiger partial charge < -0.3 is 19.7 Å². The molecule has 2 amide bonds. The van der Waals surface area contributed by atoms with Crippen molar-refractivity contribution in [2.45, 2.75) is 18.9 Å². The van der Waals surface area contributed by atoms with Crippen LogP contribution in [-0.4, -0.2) is 42.5 Å². The number of nitrogens with zero attached hydrogens (tertiary/aromatic N) is 1. The van der Waals surface area contributed by atoms with Crippen molar-refractivity contribution < 1.29 is 19.1 Å². The van der Waals surface area contributed by atoms with Gasteiger partial charge in [-0.1, -0.05) is 12.1 Å². The molecule has 2 aliphatic heterocycles. The van der Waals surface area contributed by atoms with Gasteiger partial charge in [0, 0.05) is 24.3 Å². The highest BCUT2D eigenvalue weighted by Gasteiger charge is 2.27. The van der Waals surface area contributed by atoms with Crippen molar-refractivity contribution in [1.82, 2.24) is 4.90 Å². The zero-order chi connectivity index (χ0) is 17.9. The molecule has 0 radical (unpaired) electrons. The predicted octanol–water partition coefficient (Wildman–Crippen LogP) is 2.70. The van der Waals surface area contributed by atoms with Crippen molar-refractivity contribution in [1.29, 1.82) is 0 Å². The Labute approximate surface area is 151 Å². The van der Waals surface area contributed by atoms with Crippen LogP contribution in [0.3, 0.4) is 0 Å². The zero-order valence-corrected chi connectivity index (χ0v) is 14.3. The predicted molar refractivity (Wildman–Crippen MR) is 96.6 cm³/mol. The normalized spacial score (nSPS) is 18.5. The highest BCUT2D eigenvalue weighted by molar-refractivity contribution is 5.97. The Morgan fingerprint density at radius 1 is 0.962 bits per heavy atom. The summed E-state index contributed by atoms with van der Waals surface area (Å²) in [5.74, 6) is 0.964. The maximum absolute atomic E-state index is 12.4. The van der Waals surface area contributed by atoms with Crippen LogP contribution >= 0.6 is 0 Å². The van der Waals surface area contributed by atoms with Gasteiger partial charge in [-0.3, -0.25) is 9.59 Å². The smallest absolute Gasteiger partial charge is 0.269 e. The first kappa shape index (κ1) is 16.4. The van der Waals surface area contributed by atoms with E-state index < -0.39 is 6.10 Å². The van der Waals surface area contributed by atoms with E-state index in [1.165, 1.54) is 0 Å². The second-order valence-corrected chi connectivity index (χ2v) is 6.43. The van der Waals surface area contributed by atoms with Crippen LogP contribution in [0.2, 0.25) is 0 Å². The van der Waals surface area contributed by atoms with Crippen LogP contribution in [-0.2, 0) is 4.79 Å². The van der Waals surface area contributed by atoms with Crippen molar-refractivity contribution in [3.05, 3.63) is 54.1 Å². The van der Waals surface area contributed by atoms with Crippen molar-refractivity contribution >= 4 is 17.5 Å². The van der Waals surface area contributed by atoms with Crippen molar-refractivity contribution in [2.75, 3.05) is 25.0 Å². The molecular formula is C20H20N2O4. The van der Waals surface area contributed by atoms with Crippen molar-refractivity contribution in [3.63, 3.8) is 0 Å². The Morgan fingerprint density at radius 2 is 1.65 bits per heavy atom. The van der Waals surface area contributed by atoms with Crippen LogP contribution in [0, 0.1) is 0 Å². The lowest BCUT2D eigenvalue weighted by Gasteiger charge is -2.25. The van der Waals surface area contributed by atoms with Gasteiger partial charge in [0.05, 0.1) is 0 Å². The van der Waals surface area contributed by atoms with E-state index in [9.17, 15) is 9.59 Å². The minimum atomic E-state index is -0.712. The highest BCUT2D eigenvalue weighted by Crippen LogP contribution is 2.31. The lowest BCUT2D eigenvalue weighted by atomic mass is 10.1. The second kappa shape index (κ2) is 7.07. The number of hydrogen-bond donors (Lipinski definition) is 1. The molecule has 0 aliphatic carbocycles. The number of carbonyl (C=O) groups is 2. The molecule has 2 heterocycles. The number of benzene rings is 2. The van der Waals surface area contributed by atoms with E-state index in [1.807, 2.05) is 17.0 Å². The topological polar surface area (TPSA) is 67.9 Å². The van der Waals surface area contributed by atoms with Gasteiger partial charge in [-0.25, -0.2) is 0 Å². The van der Waals surface area contributed by atoms with Crippen LogP contribution in [0.4, 0.5) is 5.69 Å². The summed E-state index contributed by atoms with van der Waals surface area (Å²) in [7, 11) is 0. The zero-order valence-electron chi connectivity index (χ0n) is 14.3. The number of para-hydroxylation sites is 2. The monoisotopic (exact) mass is 352 g/mol. The summed E-state index contributed by atoms with van der Waals surface area (Å²) in [5, 5.41) is 2.81. The Morgan fingerprint density at radius 3 is 2.38 bits per heavy atom. The third-order valence-corrected chi connectivity index (χ3v) is 4.59. The summed E-state index contributed by atoms with van der Waals surface area (Å²) < 4.78 is 11.3. The maximum Gasteiger partial charge on any atom is 0.269 e. The molecule has 0 bridgehead atoms. The largest absolute Gasteiger partial charge is 0.485 e. The lowest BCUT2D eigenvalue weighted by Crippen LogP contribution is -2.40. The number of amides is 2. The summed E-state index contributed by atoms with van der Waals surface area (Å²) >= 11 is 0. The Hall–Kier alpha value is -3.02. The van der Waals surface area contributed by atoms with Gasteiger partial charge in [0.1, 0.15) is 6.61 Å². The van der Waals surface area contributed by atoms with E-state index in [0.29, 0.717) is 22.7 Å². The van der Waals surface area contributed by atoms with Crippen molar-refractivity contribution in [2.24, 2.45) is 0 Å². The van der Waals surface area contributed by atoms with Gasteiger partial charge in [-0.15, -0.1) is 0 Å². The minimum absolute atomic E-state index is 0.0426. The summed E-state index contributed by atoms with van der Waals surface area (Å²) in [5.41, 5.74) is 1.26. The van der Waals surface area contributed by atoms with Gasteiger partial charge in [0.2, 0.25) is 6.10 Å². The fraction of sp³-hybridized carbons (Fsp3) is 0.300. The molecule has 1 fully saturated rings. The molecule has 0 spiro atoms. The maximum atomic E-state index is 12.4. The molecule has 1 N–H and O–H groups in total. The molecule has 1 saturated heterocycles. The minimum Gasteiger partial charge on any atom is -0.485 e. The number of hydrogen-bond acceptors (Lipinski definition) is 4. The molecule has 26 heavy (non-hydrogen) atoms. The molecule has 0 saturated carbocycles. The Balaban J connectivity index is 1.38. The number of fused-ring (bicyclic) bond motifs is 1. The van der Waals surface area contributed by atoms with Crippen LogP contribution in [0.25, 0.3) is 0 Å². The van der Waals surface area contributed by atoms with E-state index in [4.69, 9.17) is 9.47 Å². The molecule has 1 unspecified atom stereocenters. The third-order valence-electron chi connectivity index (χ3n) is 4.59. The average Bonchev–Trinajstić information content (AvgIpc) is 3.22. The standard InChI is InChI=1S/C20H20N2O4/c23-19(18-13-25-16-5-1-2-6-17(16)26-18)21-15-9-7-14(8-10-15)20(24)22-11-3-4-12-22/h1-2,5-10,18H,3-4,11-13H2,(H,21,23). The first-order valence-electron chi connectivity index (χ1n) is 8.79. The summed E-state index contributed by atoms with van der Waals surface area (Å²) in [6.07, 6.45) is 1.41. The molecule has 0 aromatic heterocycles. The number of likely N-dealkylation sites (tertiary alicyclic amines) is 1. The molecule has 1 atom stereocenters. The fourth-order valence-corrected chi connectivity index (χ4v) is 3.17. The fourth-order valence-electron chi connectivity index (χ4n) is 3.17. The first-order valence-corrected chi connectivity index (χ1v) is 8.79. The third kappa shape index (κ3) is 3.35. The van der Waals surface area contributed by atoms with E-state index in [1.54, 1.807) is 36.4 Å².